The van der Waals surface area contributed by atoms with Gasteiger partial charge in [-0.15, -0.1) is 6.58 Å². The standard InChI is InChI=1S/C13H23NO2/c1-5-10-7-6-8-11(9-10)14-12(15)16-13(2,3)4/h5,10-11H,1,6-9H2,2-4H3,(H,14,15). The first-order valence-corrected chi connectivity index (χ1v) is 6.03. The number of alkyl carbamates (subject to hydrolysis) is 1. The van der Waals surface area contributed by atoms with Gasteiger partial charge >= 0.3 is 6.09 Å². The molecule has 0 aliphatic heterocycles. The fourth-order valence-electron chi connectivity index (χ4n) is 2.05. The molecule has 0 heterocycles. The Hall–Kier alpha value is -0.990. The maximum absolute atomic E-state index is 11.6. The van der Waals surface area contributed by atoms with E-state index in [0.29, 0.717) is 5.92 Å². The fourth-order valence-corrected chi connectivity index (χ4v) is 2.05. The third-order valence-electron chi connectivity index (χ3n) is 2.77. The highest BCUT2D eigenvalue weighted by molar-refractivity contribution is 5.68. The van der Waals surface area contributed by atoms with Gasteiger partial charge in [0.05, 0.1) is 0 Å². The number of rotatable bonds is 2. The Morgan fingerprint density at radius 2 is 2.12 bits per heavy atom. The molecule has 0 aromatic heterocycles. The van der Waals surface area contributed by atoms with Crippen molar-refractivity contribution in [1.82, 2.24) is 5.32 Å². The Bertz CT molecular complexity index is 255. The molecule has 2 atom stereocenters. The van der Waals surface area contributed by atoms with Crippen LogP contribution in [0.25, 0.3) is 0 Å². The molecule has 0 bridgehead atoms. The Labute approximate surface area is 98.2 Å². The van der Waals surface area contributed by atoms with Crippen molar-refractivity contribution in [3.8, 4) is 0 Å². The van der Waals surface area contributed by atoms with Crippen molar-refractivity contribution in [3.63, 3.8) is 0 Å². The molecule has 3 nitrogen and oxygen atoms in total. The zero-order chi connectivity index (χ0) is 12.2. The van der Waals surface area contributed by atoms with Crippen molar-refractivity contribution >= 4 is 6.09 Å². The van der Waals surface area contributed by atoms with Crippen molar-refractivity contribution < 1.29 is 9.53 Å². The van der Waals surface area contributed by atoms with Crippen LogP contribution in [0.4, 0.5) is 4.79 Å². The first-order valence-electron chi connectivity index (χ1n) is 6.03. The number of hydrogen-bond donors (Lipinski definition) is 1. The molecule has 1 amide bonds. The molecular formula is C13H23NO2. The third kappa shape index (κ3) is 4.69. The molecule has 1 N–H and O–H groups in total. The van der Waals surface area contributed by atoms with Crippen molar-refractivity contribution in [2.24, 2.45) is 5.92 Å². The summed E-state index contributed by atoms with van der Waals surface area (Å²) < 4.78 is 5.23. The second-order valence-corrected chi connectivity index (χ2v) is 5.51. The maximum Gasteiger partial charge on any atom is 0.407 e. The molecule has 0 saturated heterocycles. The number of hydrogen-bond acceptors (Lipinski definition) is 2. The molecule has 0 spiro atoms. The van der Waals surface area contributed by atoms with Crippen LogP contribution in [0.15, 0.2) is 12.7 Å². The average Bonchev–Trinajstić information content (AvgIpc) is 2.15. The highest BCUT2D eigenvalue weighted by Crippen LogP contribution is 2.25. The molecule has 2 unspecified atom stereocenters. The summed E-state index contributed by atoms with van der Waals surface area (Å²) in [5, 5.41) is 2.93. The van der Waals surface area contributed by atoms with E-state index in [1.807, 2.05) is 26.8 Å². The molecule has 16 heavy (non-hydrogen) atoms. The van der Waals surface area contributed by atoms with Gasteiger partial charge in [-0.2, -0.15) is 0 Å². The van der Waals surface area contributed by atoms with E-state index in [-0.39, 0.29) is 12.1 Å². The number of ether oxygens (including phenoxy) is 1. The summed E-state index contributed by atoms with van der Waals surface area (Å²) in [6, 6.07) is 0.242. The van der Waals surface area contributed by atoms with Gasteiger partial charge in [-0.1, -0.05) is 12.5 Å². The summed E-state index contributed by atoms with van der Waals surface area (Å²) >= 11 is 0. The van der Waals surface area contributed by atoms with Crippen LogP contribution in [0.1, 0.15) is 46.5 Å². The quantitative estimate of drug-likeness (QED) is 0.732. The second-order valence-electron chi connectivity index (χ2n) is 5.51. The monoisotopic (exact) mass is 225 g/mol. The largest absolute Gasteiger partial charge is 0.444 e. The first kappa shape index (κ1) is 13.1. The van der Waals surface area contributed by atoms with Gasteiger partial charge in [-0.05, 0) is 46.0 Å². The van der Waals surface area contributed by atoms with Crippen LogP contribution in [0.3, 0.4) is 0 Å². The SMILES string of the molecule is C=CC1CCCC(NC(=O)OC(C)(C)C)C1. The normalized spacial score (nSPS) is 25.9. The van der Waals surface area contributed by atoms with E-state index in [9.17, 15) is 4.79 Å². The lowest BCUT2D eigenvalue weighted by atomic mass is 9.86. The van der Waals surface area contributed by atoms with Crippen molar-refractivity contribution in [3.05, 3.63) is 12.7 Å². The van der Waals surface area contributed by atoms with Crippen LogP contribution in [0.5, 0.6) is 0 Å². The molecule has 3 heteroatoms. The molecule has 1 saturated carbocycles. The van der Waals surface area contributed by atoms with Crippen molar-refractivity contribution in [2.45, 2.75) is 58.1 Å². The van der Waals surface area contributed by atoms with E-state index < -0.39 is 5.60 Å². The van der Waals surface area contributed by atoms with Gasteiger partial charge in [-0.3, -0.25) is 0 Å². The van der Waals surface area contributed by atoms with Gasteiger partial charge in [-0.25, -0.2) is 4.79 Å². The number of amides is 1. The lowest BCUT2D eigenvalue weighted by molar-refractivity contribution is 0.0488. The number of allylic oxidation sites excluding steroid dienone is 1. The van der Waals surface area contributed by atoms with E-state index in [4.69, 9.17) is 4.74 Å². The molecule has 0 radical (unpaired) electrons. The van der Waals surface area contributed by atoms with Gasteiger partial charge in [0.1, 0.15) is 5.60 Å². The van der Waals surface area contributed by atoms with Crippen LogP contribution in [0.2, 0.25) is 0 Å². The average molecular weight is 225 g/mol. The van der Waals surface area contributed by atoms with E-state index in [1.54, 1.807) is 0 Å². The van der Waals surface area contributed by atoms with Gasteiger partial charge in [0.2, 0.25) is 0 Å². The zero-order valence-electron chi connectivity index (χ0n) is 10.6. The smallest absolute Gasteiger partial charge is 0.407 e. The summed E-state index contributed by atoms with van der Waals surface area (Å²) in [5.74, 6) is 0.536. The van der Waals surface area contributed by atoms with Gasteiger partial charge in [0.15, 0.2) is 0 Å². The minimum Gasteiger partial charge on any atom is -0.444 e. The summed E-state index contributed by atoms with van der Waals surface area (Å²) in [6.07, 6.45) is 6.06. The molecule has 0 aromatic carbocycles. The van der Waals surface area contributed by atoms with Crippen molar-refractivity contribution in [1.29, 1.82) is 0 Å². The van der Waals surface area contributed by atoms with Crippen LogP contribution in [0, 0.1) is 5.92 Å². The number of carbonyl (C=O) groups excluding carboxylic acids is 1. The molecule has 1 aliphatic rings. The van der Waals surface area contributed by atoms with E-state index in [0.717, 1.165) is 19.3 Å². The van der Waals surface area contributed by atoms with Crippen LogP contribution in [-0.4, -0.2) is 17.7 Å². The highest BCUT2D eigenvalue weighted by Gasteiger charge is 2.23. The number of nitrogens with one attached hydrogen (secondary N) is 1. The minimum absolute atomic E-state index is 0.242. The molecular weight excluding hydrogens is 202 g/mol. The van der Waals surface area contributed by atoms with Crippen LogP contribution >= 0.6 is 0 Å². The Balaban J connectivity index is 2.36. The predicted molar refractivity (Wildman–Crippen MR) is 65.3 cm³/mol. The molecule has 1 fully saturated rings. The van der Waals surface area contributed by atoms with Crippen LogP contribution in [-0.2, 0) is 4.74 Å². The summed E-state index contributed by atoms with van der Waals surface area (Å²) in [6.45, 7) is 9.44. The zero-order valence-corrected chi connectivity index (χ0v) is 10.6. The molecule has 1 rings (SSSR count). The topological polar surface area (TPSA) is 38.3 Å². The van der Waals surface area contributed by atoms with E-state index in [1.165, 1.54) is 6.42 Å². The van der Waals surface area contributed by atoms with Gasteiger partial charge in [0.25, 0.3) is 0 Å². The van der Waals surface area contributed by atoms with Crippen molar-refractivity contribution in [2.75, 3.05) is 0 Å². The summed E-state index contributed by atoms with van der Waals surface area (Å²) in [5.41, 5.74) is -0.420. The van der Waals surface area contributed by atoms with E-state index >= 15 is 0 Å². The number of carbonyl (C=O) groups is 1. The third-order valence-corrected chi connectivity index (χ3v) is 2.77. The minimum atomic E-state index is -0.420. The Kier molecular flexibility index (Phi) is 4.39. The molecule has 92 valence electrons. The first-order chi connectivity index (χ1) is 7.40. The van der Waals surface area contributed by atoms with Gasteiger partial charge in [0, 0.05) is 6.04 Å². The fraction of sp³-hybridized carbons (Fsp3) is 0.769. The predicted octanol–water partition coefficient (Wildman–Crippen LogP) is 3.26. The molecule has 1 aliphatic carbocycles. The lowest BCUT2D eigenvalue weighted by Gasteiger charge is -2.29. The molecule has 0 aromatic rings. The van der Waals surface area contributed by atoms with Crippen LogP contribution < -0.4 is 5.32 Å². The van der Waals surface area contributed by atoms with Gasteiger partial charge < -0.3 is 10.1 Å². The highest BCUT2D eigenvalue weighted by atomic mass is 16.6. The van der Waals surface area contributed by atoms with E-state index in [2.05, 4.69) is 11.9 Å². The maximum atomic E-state index is 11.6. The summed E-state index contributed by atoms with van der Waals surface area (Å²) in [4.78, 5) is 11.6. The lowest BCUT2D eigenvalue weighted by Crippen LogP contribution is -2.41. The Morgan fingerprint density at radius 3 is 2.69 bits per heavy atom. The summed E-state index contributed by atoms with van der Waals surface area (Å²) in [7, 11) is 0. The second kappa shape index (κ2) is 5.37. The Morgan fingerprint density at radius 1 is 1.44 bits per heavy atom.